The maximum absolute atomic E-state index is 13.6. The molecular weight excluding hydrogens is 470 g/mol. The fourth-order valence-electron chi connectivity index (χ4n) is 4.88. The largest absolute Gasteiger partial charge is 0.480 e. The summed E-state index contributed by atoms with van der Waals surface area (Å²) in [6.45, 7) is 7.82. The van der Waals surface area contributed by atoms with Crippen LogP contribution < -0.4 is 15.7 Å². The van der Waals surface area contributed by atoms with Crippen LogP contribution in [0.4, 0.5) is 5.69 Å². The van der Waals surface area contributed by atoms with Gasteiger partial charge in [0.25, 0.3) is 0 Å². The maximum atomic E-state index is 13.6. The molecule has 10 heteroatoms. The third-order valence-electron chi connectivity index (χ3n) is 6.70. The summed E-state index contributed by atoms with van der Waals surface area (Å²) in [6.07, 6.45) is 3.55. The molecule has 37 heavy (non-hydrogen) atoms. The van der Waals surface area contributed by atoms with Crippen molar-refractivity contribution < 1.29 is 9.47 Å². The van der Waals surface area contributed by atoms with Crippen molar-refractivity contribution in [2.24, 2.45) is 7.05 Å². The third-order valence-corrected chi connectivity index (χ3v) is 6.70. The Hall–Kier alpha value is -4.18. The summed E-state index contributed by atoms with van der Waals surface area (Å²) < 4.78 is 15.9. The molecule has 192 valence electrons. The van der Waals surface area contributed by atoms with Crippen molar-refractivity contribution >= 4 is 27.6 Å². The quantitative estimate of drug-likeness (QED) is 0.345. The van der Waals surface area contributed by atoms with Crippen molar-refractivity contribution in [3.8, 4) is 22.7 Å². The van der Waals surface area contributed by atoms with Crippen LogP contribution in [0.25, 0.3) is 38.8 Å². The Kier molecular flexibility index (Phi) is 6.43. The lowest BCUT2D eigenvalue weighted by molar-refractivity contribution is 0.182. The number of aryl methyl sites for hydroxylation is 2. The van der Waals surface area contributed by atoms with Crippen molar-refractivity contribution in [2.45, 2.75) is 27.3 Å². The molecule has 0 aliphatic heterocycles. The third kappa shape index (κ3) is 4.03. The SMILES string of the molecule is CCNc1cc(-c2ccc3ncc4c(c3c2)n(-c2c(C)nn(CCOC)c2C)c(=O)n4C)cnc1OC. The van der Waals surface area contributed by atoms with Crippen LogP contribution in [0.5, 0.6) is 5.88 Å². The molecule has 0 unspecified atom stereocenters. The first-order valence-electron chi connectivity index (χ1n) is 12.2. The minimum atomic E-state index is -0.146. The van der Waals surface area contributed by atoms with E-state index in [-0.39, 0.29) is 5.69 Å². The van der Waals surface area contributed by atoms with Crippen LogP contribution >= 0.6 is 0 Å². The lowest BCUT2D eigenvalue weighted by atomic mass is 10.0. The second kappa shape index (κ2) is 9.70. The number of rotatable bonds is 8. The van der Waals surface area contributed by atoms with E-state index in [0.717, 1.165) is 62.4 Å². The molecular formula is C27H31N7O3. The van der Waals surface area contributed by atoms with Crippen molar-refractivity contribution in [1.82, 2.24) is 28.9 Å². The van der Waals surface area contributed by atoms with Crippen LogP contribution in [0.15, 0.2) is 41.5 Å². The van der Waals surface area contributed by atoms with Gasteiger partial charge in [-0.1, -0.05) is 6.07 Å². The minimum Gasteiger partial charge on any atom is -0.480 e. The second-order valence-electron chi connectivity index (χ2n) is 8.95. The van der Waals surface area contributed by atoms with E-state index in [0.29, 0.717) is 19.0 Å². The predicted molar refractivity (Wildman–Crippen MR) is 145 cm³/mol. The number of nitrogens with zero attached hydrogens (tertiary/aromatic N) is 6. The van der Waals surface area contributed by atoms with Gasteiger partial charge in [-0.3, -0.25) is 18.8 Å². The maximum Gasteiger partial charge on any atom is 0.333 e. The molecule has 0 aliphatic rings. The molecule has 4 aromatic heterocycles. The Morgan fingerprint density at radius 3 is 2.59 bits per heavy atom. The Morgan fingerprint density at radius 2 is 1.86 bits per heavy atom. The van der Waals surface area contributed by atoms with Crippen LogP contribution in [0, 0.1) is 13.8 Å². The van der Waals surface area contributed by atoms with Gasteiger partial charge in [-0.15, -0.1) is 0 Å². The molecule has 5 aromatic rings. The number of hydrogen-bond donors (Lipinski definition) is 1. The molecule has 5 rings (SSSR count). The van der Waals surface area contributed by atoms with E-state index in [9.17, 15) is 4.79 Å². The number of aromatic nitrogens is 6. The summed E-state index contributed by atoms with van der Waals surface area (Å²) in [5.41, 5.74) is 7.38. The summed E-state index contributed by atoms with van der Waals surface area (Å²) in [6, 6.07) is 8.09. The first-order valence-corrected chi connectivity index (χ1v) is 12.2. The Morgan fingerprint density at radius 1 is 1.05 bits per heavy atom. The highest BCUT2D eigenvalue weighted by molar-refractivity contribution is 6.04. The molecule has 1 aromatic carbocycles. The van der Waals surface area contributed by atoms with Crippen LogP contribution in [0.1, 0.15) is 18.3 Å². The molecule has 0 aliphatic carbocycles. The fraction of sp³-hybridized carbons (Fsp3) is 0.333. The predicted octanol–water partition coefficient (Wildman–Crippen LogP) is 3.84. The van der Waals surface area contributed by atoms with Crippen molar-refractivity contribution in [1.29, 1.82) is 0 Å². The van der Waals surface area contributed by atoms with Crippen LogP contribution in [-0.4, -0.2) is 56.3 Å². The van der Waals surface area contributed by atoms with Gasteiger partial charge in [0.1, 0.15) is 0 Å². The number of benzene rings is 1. The first kappa shape index (κ1) is 24.5. The molecule has 0 spiro atoms. The summed E-state index contributed by atoms with van der Waals surface area (Å²) in [4.78, 5) is 22.8. The van der Waals surface area contributed by atoms with Crippen molar-refractivity contribution in [3.05, 3.63) is 58.5 Å². The normalized spacial score (nSPS) is 11.5. The fourth-order valence-corrected chi connectivity index (χ4v) is 4.88. The number of ether oxygens (including phenoxy) is 2. The van der Waals surface area contributed by atoms with Gasteiger partial charge in [0.2, 0.25) is 5.88 Å². The number of fused-ring (bicyclic) bond motifs is 3. The highest BCUT2D eigenvalue weighted by Gasteiger charge is 2.22. The first-order chi connectivity index (χ1) is 17.9. The molecule has 4 heterocycles. The molecule has 0 radical (unpaired) electrons. The van der Waals surface area contributed by atoms with E-state index in [1.807, 2.05) is 43.7 Å². The zero-order valence-electron chi connectivity index (χ0n) is 22.0. The van der Waals surface area contributed by atoms with Gasteiger partial charge in [0.05, 0.1) is 65.8 Å². The van der Waals surface area contributed by atoms with Gasteiger partial charge >= 0.3 is 5.69 Å². The van der Waals surface area contributed by atoms with E-state index in [1.165, 1.54) is 0 Å². The Labute approximate surface area is 214 Å². The average molecular weight is 502 g/mol. The molecule has 0 fully saturated rings. The Balaban J connectivity index is 1.77. The standard InChI is InChI=1S/C27H31N7O3/c1-7-28-22-13-19(14-30-26(22)37-6)18-8-9-21-20(12-18)25-23(15-29-21)32(4)27(35)34(25)24-16(2)31-33(17(24)3)10-11-36-5/h8-9,12-15,28H,7,10-11H2,1-6H3. The second-order valence-corrected chi connectivity index (χ2v) is 8.95. The molecule has 0 bridgehead atoms. The van der Waals surface area contributed by atoms with E-state index < -0.39 is 0 Å². The molecule has 1 N–H and O–H groups in total. The van der Waals surface area contributed by atoms with E-state index in [4.69, 9.17) is 14.6 Å². The lowest BCUT2D eigenvalue weighted by Gasteiger charge is -2.12. The van der Waals surface area contributed by atoms with E-state index in [1.54, 1.807) is 42.8 Å². The number of anilines is 1. The van der Waals surface area contributed by atoms with Gasteiger partial charge in [-0.05, 0) is 44.5 Å². The Bertz CT molecular complexity index is 1680. The average Bonchev–Trinajstić information content (AvgIpc) is 3.33. The number of nitrogens with one attached hydrogen (secondary N) is 1. The zero-order valence-corrected chi connectivity index (χ0v) is 22.0. The summed E-state index contributed by atoms with van der Waals surface area (Å²) in [5.74, 6) is 0.545. The summed E-state index contributed by atoms with van der Waals surface area (Å²) in [5, 5.41) is 8.87. The topological polar surface area (TPSA) is 101 Å². The highest BCUT2D eigenvalue weighted by atomic mass is 16.5. The molecule has 0 atom stereocenters. The number of pyridine rings is 2. The molecule has 10 nitrogen and oxygen atoms in total. The lowest BCUT2D eigenvalue weighted by Crippen LogP contribution is -2.22. The number of imidazole rings is 1. The number of hydrogen-bond acceptors (Lipinski definition) is 7. The molecule has 0 saturated heterocycles. The van der Waals surface area contributed by atoms with E-state index in [2.05, 4.69) is 21.4 Å². The number of methoxy groups -OCH3 is 2. The summed E-state index contributed by atoms with van der Waals surface area (Å²) >= 11 is 0. The van der Waals surface area contributed by atoms with Gasteiger partial charge < -0.3 is 14.8 Å². The van der Waals surface area contributed by atoms with Crippen molar-refractivity contribution in [3.63, 3.8) is 0 Å². The van der Waals surface area contributed by atoms with Gasteiger partial charge in [-0.2, -0.15) is 5.10 Å². The van der Waals surface area contributed by atoms with Crippen LogP contribution in [-0.2, 0) is 18.3 Å². The van der Waals surface area contributed by atoms with Crippen LogP contribution in [0.2, 0.25) is 0 Å². The van der Waals surface area contributed by atoms with Crippen LogP contribution in [0.3, 0.4) is 0 Å². The van der Waals surface area contributed by atoms with Gasteiger partial charge in [0.15, 0.2) is 0 Å². The minimum absolute atomic E-state index is 0.146. The monoisotopic (exact) mass is 501 g/mol. The smallest absolute Gasteiger partial charge is 0.333 e. The van der Waals surface area contributed by atoms with Crippen molar-refractivity contribution in [2.75, 3.05) is 32.7 Å². The van der Waals surface area contributed by atoms with Gasteiger partial charge in [-0.25, -0.2) is 9.78 Å². The molecule has 0 saturated carbocycles. The van der Waals surface area contributed by atoms with E-state index >= 15 is 0 Å². The highest BCUT2D eigenvalue weighted by Crippen LogP contribution is 2.33. The zero-order chi connectivity index (χ0) is 26.3. The van der Waals surface area contributed by atoms with Gasteiger partial charge in [0, 0.05) is 37.8 Å². The molecule has 0 amide bonds. The summed E-state index contributed by atoms with van der Waals surface area (Å²) in [7, 11) is 5.05.